The molecule has 0 aliphatic carbocycles. The van der Waals surface area contributed by atoms with Crippen molar-refractivity contribution < 1.29 is 23.8 Å². The number of rotatable bonds is 5. The Morgan fingerprint density at radius 2 is 2.15 bits per heavy atom. The number of carbonyl (C=O) groups excluding carboxylic acids is 1. The standard InChI is InChI=1S/C18H15N3O6/c19-6-12-15(9-2-1-3-10(4-9)25-8-14(20)24)17-16(27-18(12)21)13(23)5-11(7-22)26-17/h1-5,15,22H,7-8,21H2,(H2,20,24)/t15-/m0/s1. The maximum absolute atomic E-state index is 12.3. The average Bonchev–Trinajstić information content (AvgIpc) is 2.66. The molecule has 0 unspecified atom stereocenters. The first-order valence-corrected chi connectivity index (χ1v) is 7.81. The predicted molar refractivity (Wildman–Crippen MR) is 91.3 cm³/mol. The smallest absolute Gasteiger partial charge is 0.255 e. The van der Waals surface area contributed by atoms with Crippen molar-refractivity contribution in [1.82, 2.24) is 0 Å². The van der Waals surface area contributed by atoms with Crippen LogP contribution in [0.5, 0.6) is 11.5 Å². The number of nitriles is 1. The number of ether oxygens (including phenoxy) is 2. The monoisotopic (exact) mass is 369 g/mol. The fourth-order valence-electron chi connectivity index (χ4n) is 2.73. The number of nitrogens with zero attached hydrogens (tertiary/aromatic N) is 1. The number of carbonyl (C=O) groups is 1. The first-order chi connectivity index (χ1) is 12.9. The van der Waals surface area contributed by atoms with Gasteiger partial charge in [-0.2, -0.15) is 5.26 Å². The number of allylic oxidation sites excluding steroid dienone is 1. The zero-order chi connectivity index (χ0) is 19.6. The molecule has 1 aromatic carbocycles. The Bertz CT molecular complexity index is 1030. The van der Waals surface area contributed by atoms with E-state index in [1.54, 1.807) is 24.3 Å². The van der Waals surface area contributed by atoms with Crippen LogP contribution in [0.4, 0.5) is 0 Å². The molecular weight excluding hydrogens is 354 g/mol. The molecule has 9 nitrogen and oxygen atoms in total. The Hall–Kier alpha value is -3.77. The lowest BCUT2D eigenvalue weighted by atomic mass is 9.87. The number of primary amides is 1. The van der Waals surface area contributed by atoms with E-state index in [-0.39, 0.29) is 35.3 Å². The van der Waals surface area contributed by atoms with E-state index in [0.29, 0.717) is 11.3 Å². The molecule has 1 amide bonds. The third-order valence-electron chi connectivity index (χ3n) is 3.86. The number of nitrogens with two attached hydrogens (primary N) is 2. The van der Waals surface area contributed by atoms with Gasteiger partial charge in [0.05, 0.1) is 5.92 Å². The quantitative estimate of drug-likeness (QED) is 0.674. The van der Waals surface area contributed by atoms with Gasteiger partial charge >= 0.3 is 0 Å². The van der Waals surface area contributed by atoms with Crippen LogP contribution in [0.3, 0.4) is 0 Å². The highest BCUT2D eigenvalue weighted by molar-refractivity contribution is 5.75. The van der Waals surface area contributed by atoms with Crippen LogP contribution < -0.4 is 26.4 Å². The van der Waals surface area contributed by atoms with Gasteiger partial charge in [0, 0.05) is 6.07 Å². The van der Waals surface area contributed by atoms with Crippen LogP contribution in [0, 0.1) is 11.3 Å². The molecule has 2 aromatic rings. The SMILES string of the molecule is N#CC1=C(N)Oc2c(oc(CO)cc2=O)[C@H]1c1cccc(OCC(N)=O)c1. The summed E-state index contributed by atoms with van der Waals surface area (Å²) < 4.78 is 16.1. The van der Waals surface area contributed by atoms with Crippen LogP contribution in [-0.4, -0.2) is 17.6 Å². The molecular formula is C18H15N3O6. The number of amides is 1. The molecule has 1 atom stereocenters. The molecule has 2 heterocycles. The summed E-state index contributed by atoms with van der Waals surface area (Å²) in [5, 5.41) is 18.9. The molecule has 9 heteroatoms. The summed E-state index contributed by atoms with van der Waals surface area (Å²) in [5.74, 6) is -1.47. The number of aliphatic hydroxyl groups excluding tert-OH is 1. The summed E-state index contributed by atoms with van der Waals surface area (Å²) in [7, 11) is 0. The fraction of sp³-hybridized carbons (Fsp3) is 0.167. The van der Waals surface area contributed by atoms with Crippen LogP contribution in [-0.2, 0) is 11.4 Å². The molecule has 5 N–H and O–H groups in total. The van der Waals surface area contributed by atoms with E-state index < -0.39 is 23.9 Å². The number of hydrogen-bond acceptors (Lipinski definition) is 8. The highest BCUT2D eigenvalue weighted by Crippen LogP contribution is 2.41. The summed E-state index contributed by atoms with van der Waals surface area (Å²) in [6, 6.07) is 9.53. The second-order valence-corrected chi connectivity index (χ2v) is 5.68. The second kappa shape index (κ2) is 7.23. The molecule has 0 bridgehead atoms. The van der Waals surface area contributed by atoms with E-state index in [2.05, 4.69) is 0 Å². The van der Waals surface area contributed by atoms with Crippen LogP contribution in [0.1, 0.15) is 23.0 Å². The van der Waals surface area contributed by atoms with E-state index in [1.165, 1.54) is 0 Å². The molecule has 27 heavy (non-hydrogen) atoms. The third-order valence-corrected chi connectivity index (χ3v) is 3.86. The summed E-state index contributed by atoms with van der Waals surface area (Å²) in [6.45, 7) is -0.821. The maximum Gasteiger partial charge on any atom is 0.255 e. The maximum atomic E-state index is 12.3. The van der Waals surface area contributed by atoms with Crippen LogP contribution in [0.15, 0.2) is 51.0 Å². The molecule has 1 aliphatic heterocycles. The predicted octanol–water partition coefficient (Wildman–Crippen LogP) is 0.214. The lowest BCUT2D eigenvalue weighted by Gasteiger charge is -2.25. The highest BCUT2D eigenvalue weighted by Gasteiger charge is 2.35. The van der Waals surface area contributed by atoms with Gasteiger partial charge in [-0.15, -0.1) is 0 Å². The van der Waals surface area contributed by atoms with Crippen molar-refractivity contribution in [3.8, 4) is 17.6 Å². The van der Waals surface area contributed by atoms with Crippen molar-refractivity contribution in [2.75, 3.05) is 6.61 Å². The minimum absolute atomic E-state index is 0.0197. The van der Waals surface area contributed by atoms with E-state index in [0.717, 1.165) is 6.07 Å². The van der Waals surface area contributed by atoms with Crippen molar-refractivity contribution in [3.05, 3.63) is 69.1 Å². The second-order valence-electron chi connectivity index (χ2n) is 5.68. The van der Waals surface area contributed by atoms with Crippen molar-refractivity contribution in [1.29, 1.82) is 5.26 Å². The van der Waals surface area contributed by atoms with Crippen molar-refractivity contribution in [2.24, 2.45) is 11.5 Å². The number of fused-ring (bicyclic) bond motifs is 1. The topological polar surface area (TPSA) is 162 Å². The lowest BCUT2D eigenvalue weighted by molar-refractivity contribution is -0.119. The van der Waals surface area contributed by atoms with E-state index in [1.807, 2.05) is 6.07 Å². The van der Waals surface area contributed by atoms with Crippen molar-refractivity contribution in [3.63, 3.8) is 0 Å². The van der Waals surface area contributed by atoms with Gasteiger partial charge in [0.25, 0.3) is 5.91 Å². The molecule has 138 valence electrons. The molecule has 0 fully saturated rings. The Morgan fingerprint density at radius 1 is 1.37 bits per heavy atom. The molecule has 1 aromatic heterocycles. The van der Waals surface area contributed by atoms with Gasteiger partial charge in [-0.3, -0.25) is 9.59 Å². The minimum Gasteiger partial charge on any atom is -0.484 e. The van der Waals surface area contributed by atoms with Gasteiger partial charge in [-0.05, 0) is 17.7 Å². The summed E-state index contributed by atoms with van der Waals surface area (Å²) >= 11 is 0. The van der Waals surface area contributed by atoms with E-state index >= 15 is 0 Å². The average molecular weight is 369 g/mol. The lowest BCUT2D eigenvalue weighted by Crippen LogP contribution is -2.25. The first-order valence-electron chi connectivity index (χ1n) is 7.81. The third kappa shape index (κ3) is 3.47. The fourth-order valence-corrected chi connectivity index (χ4v) is 2.73. The zero-order valence-electron chi connectivity index (χ0n) is 14.0. The molecule has 0 saturated heterocycles. The largest absolute Gasteiger partial charge is 0.484 e. The molecule has 0 saturated carbocycles. The Labute approximate surface area is 153 Å². The molecule has 1 aliphatic rings. The van der Waals surface area contributed by atoms with Crippen LogP contribution in [0.25, 0.3) is 0 Å². The zero-order valence-corrected chi connectivity index (χ0v) is 14.0. The van der Waals surface area contributed by atoms with Crippen LogP contribution >= 0.6 is 0 Å². The van der Waals surface area contributed by atoms with Gasteiger partial charge in [0.2, 0.25) is 17.1 Å². The summed E-state index contributed by atoms with van der Waals surface area (Å²) in [4.78, 5) is 23.2. The Balaban J connectivity index is 2.15. The summed E-state index contributed by atoms with van der Waals surface area (Å²) in [5.41, 5.74) is 10.9. The molecule has 0 spiro atoms. The van der Waals surface area contributed by atoms with Gasteiger partial charge in [0.1, 0.15) is 29.8 Å². The Kier molecular flexibility index (Phi) is 4.83. The van der Waals surface area contributed by atoms with Gasteiger partial charge in [-0.25, -0.2) is 0 Å². The normalized spacial score (nSPS) is 15.5. The minimum atomic E-state index is -0.852. The van der Waals surface area contributed by atoms with Gasteiger partial charge in [0.15, 0.2) is 12.4 Å². The Morgan fingerprint density at radius 3 is 2.81 bits per heavy atom. The summed E-state index contributed by atoms with van der Waals surface area (Å²) in [6.07, 6.45) is 0. The van der Waals surface area contributed by atoms with E-state index in [4.69, 9.17) is 25.4 Å². The van der Waals surface area contributed by atoms with Crippen molar-refractivity contribution >= 4 is 5.91 Å². The first kappa shape index (κ1) is 18.0. The number of benzene rings is 1. The highest BCUT2D eigenvalue weighted by atomic mass is 16.5. The van der Waals surface area contributed by atoms with Crippen LogP contribution in [0.2, 0.25) is 0 Å². The van der Waals surface area contributed by atoms with Gasteiger partial charge < -0.3 is 30.5 Å². The van der Waals surface area contributed by atoms with E-state index in [9.17, 15) is 20.0 Å². The molecule has 3 rings (SSSR count). The van der Waals surface area contributed by atoms with Crippen molar-refractivity contribution in [2.45, 2.75) is 12.5 Å². The molecule has 0 radical (unpaired) electrons. The number of aliphatic hydroxyl groups is 1. The number of hydrogen-bond donors (Lipinski definition) is 3. The van der Waals surface area contributed by atoms with Gasteiger partial charge in [-0.1, -0.05) is 12.1 Å².